The number of rotatable bonds is 3. The second-order valence-corrected chi connectivity index (χ2v) is 5.78. The van der Waals surface area contributed by atoms with Crippen LogP contribution in [0.25, 0.3) is 0 Å². The lowest BCUT2D eigenvalue weighted by Gasteiger charge is -2.20. The maximum Gasteiger partial charge on any atom is 0.310 e. The first-order valence-corrected chi connectivity index (χ1v) is 7.15. The Hall–Kier alpha value is -1.14. The van der Waals surface area contributed by atoms with Crippen molar-refractivity contribution in [3.05, 3.63) is 28.2 Å². The van der Waals surface area contributed by atoms with E-state index in [1.807, 2.05) is 18.2 Å². The van der Waals surface area contributed by atoms with Gasteiger partial charge in [-0.1, -0.05) is 12.2 Å². The van der Waals surface area contributed by atoms with Crippen molar-refractivity contribution < 1.29 is 9.53 Å². The van der Waals surface area contributed by atoms with Crippen LogP contribution in [0.15, 0.2) is 22.7 Å². The number of hydrogen-bond acceptors (Lipinski definition) is 4. The highest BCUT2D eigenvalue weighted by Crippen LogP contribution is 2.31. The minimum Gasteiger partial charge on any atom is -0.469 e. The van der Waals surface area contributed by atoms with Crippen LogP contribution in [0.3, 0.4) is 0 Å². The number of methoxy groups -OCH3 is 1. The van der Waals surface area contributed by atoms with E-state index in [9.17, 15) is 4.79 Å². The fraction of sp³-hybridized carbons (Fsp3) is 0.385. The highest BCUT2D eigenvalue weighted by Gasteiger charge is 2.29. The van der Waals surface area contributed by atoms with Crippen LogP contribution < -0.4 is 10.6 Å². The summed E-state index contributed by atoms with van der Waals surface area (Å²) in [6, 6.07) is 5.77. The Bertz CT molecular complexity index is 521. The molecule has 19 heavy (non-hydrogen) atoms. The number of halogens is 1. The van der Waals surface area contributed by atoms with Crippen molar-refractivity contribution in [3.63, 3.8) is 0 Å². The van der Waals surface area contributed by atoms with E-state index >= 15 is 0 Å². The van der Waals surface area contributed by atoms with Gasteiger partial charge in [-0.2, -0.15) is 0 Å². The first kappa shape index (κ1) is 14.3. The molecule has 1 fully saturated rings. The van der Waals surface area contributed by atoms with E-state index in [0.717, 1.165) is 28.7 Å². The van der Waals surface area contributed by atoms with E-state index < -0.39 is 0 Å². The quantitative estimate of drug-likeness (QED) is 0.673. The van der Waals surface area contributed by atoms with E-state index in [1.165, 1.54) is 7.11 Å². The molecule has 0 saturated carbocycles. The molecule has 6 heteroatoms. The number of thiocarbonyl (C=S) groups is 1. The van der Waals surface area contributed by atoms with Gasteiger partial charge in [0.05, 0.1) is 18.7 Å². The van der Waals surface area contributed by atoms with Gasteiger partial charge in [-0.05, 0) is 40.5 Å². The molecule has 1 aliphatic rings. The van der Waals surface area contributed by atoms with Crippen LogP contribution in [-0.4, -0.2) is 31.2 Å². The molecule has 0 radical (unpaired) electrons. The topological polar surface area (TPSA) is 55.6 Å². The second-order valence-electron chi connectivity index (χ2n) is 4.49. The average molecular weight is 343 g/mol. The average Bonchev–Trinajstić information content (AvgIpc) is 2.87. The summed E-state index contributed by atoms with van der Waals surface area (Å²) in [5.41, 5.74) is 7.48. The van der Waals surface area contributed by atoms with Gasteiger partial charge in [0.15, 0.2) is 0 Å². The summed E-state index contributed by atoms with van der Waals surface area (Å²) in [4.78, 5) is 14.1. The zero-order chi connectivity index (χ0) is 14.0. The second kappa shape index (κ2) is 5.88. The molecule has 2 N–H and O–H groups in total. The number of carbonyl (C=O) groups excluding carboxylic acids is 1. The van der Waals surface area contributed by atoms with Crippen LogP contribution in [-0.2, 0) is 9.53 Å². The molecule has 1 saturated heterocycles. The fourth-order valence-corrected chi connectivity index (χ4v) is 3.01. The Morgan fingerprint density at radius 2 is 2.32 bits per heavy atom. The lowest BCUT2D eigenvalue weighted by atomic mass is 10.1. The molecule has 0 amide bonds. The van der Waals surface area contributed by atoms with Crippen LogP contribution in [0, 0.1) is 5.92 Å². The number of esters is 1. The van der Waals surface area contributed by atoms with E-state index in [-0.39, 0.29) is 11.9 Å². The Balaban J connectivity index is 2.16. The molecular formula is C13H15BrN2O2S. The molecule has 0 aliphatic carbocycles. The first-order chi connectivity index (χ1) is 9.02. The van der Waals surface area contributed by atoms with Gasteiger partial charge in [-0.3, -0.25) is 4.79 Å². The van der Waals surface area contributed by atoms with Gasteiger partial charge in [-0.15, -0.1) is 0 Å². The number of nitrogens with two attached hydrogens (primary N) is 1. The van der Waals surface area contributed by atoms with Crippen molar-refractivity contribution in [2.24, 2.45) is 11.7 Å². The van der Waals surface area contributed by atoms with Crippen LogP contribution in [0.2, 0.25) is 0 Å². The number of benzene rings is 1. The first-order valence-electron chi connectivity index (χ1n) is 5.95. The SMILES string of the molecule is COC(=O)C1CCN(c2ccc(C(N)=S)cc2Br)C1. The normalized spacial score (nSPS) is 18.4. The van der Waals surface area contributed by atoms with Crippen molar-refractivity contribution in [1.29, 1.82) is 0 Å². The summed E-state index contributed by atoms with van der Waals surface area (Å²) in [5.74, 6) is -0.189. The van der Waals surface area contributed by atoms with Crippen molar-refractivity contribution in [3.8, 4) is 0 Å². The lowest BCUT2D eigenvalue weighted by molar-refractivity contribution is -0.144. The van der Waals surface area contributed by atoms with Gasteiger partial charge in [-0.25, -0.2) is 0 Å². The minimum atomic E-state index is -0.140. The molecule has 1 aromatic rings. The predicted octanol–water partition coefficient (Wildman–Crippen LogP) is 2.08. The monoisotopic (exact) mass is 342 g/mol. The van der Waals surface area contributed by atoms with Crippen molar-refractivity contribution in [2.75, 3.05) is 25.1 Å². The molecule has 1 unspecified atom stereocenters. The molecule has 2 rings (SSSR count). The van der Waals surface area contributed by atoms with E-state index in [2.05, 4.69) is 20.8 Å². The van der Waals surface area contributed by atoms with Gasteiger partial charge in [0.1, 0.15) is 4.99 Å². The van der Waals surface area contributed by atoms with Gasteiger partial charge in [0, 0.05) is 23.1 Å². The number of carbonyl (C=O) groups is 1. The van der Waals surface area contributed by atoms with E-state index in [0.29, 0.717) is 11.5 Å². The third-order valence-electron chi connectivity index (χ3n) is 3.30. The summed E-state index contributed by atoms with van der Waals surface area (Å²) in [6.45, 7) is 1.52. The summed E-state index contributed by atoms with van der Waals surface area (Å²) in [7, 11) is 1.43. The van der Waals surface area contributed by atoms with Crippen LogP contribution in [0.4, 0.5) is 5.69 Å². The summed E-state index contributed by atoms with van der Waals surface area (Å²) < 4.78 is 5.72. The fourth-order valence-electron chi connectivity index (χ4n) is 2.25. The number of anilines is 1. The highest BCUT2D eigenvalue weighted by atomic mass is 79.9. The van der Waals surface area contributed by atoms with Crippen molar-refractivity contribution in [2.45, 2.75) is 6.42 Å². The zero-order valence-electron chi connectivity index (χ0n) is 10.6. The zero-order valence-corrected chi connectivity index (χ0v) is 13.0. The number of hydrogen-bond donors (Lipinski definition) is 1. The Morgan fingerprint density at radius 3 is 2.89 bits per heavy atom. The molecule has 0 bridgehead atoms. The molecule has 1 aromatic carbocycles. The van der Waals surface area contributed by atoms with Gasteiger partial charge in [0.2, 0.25) is 0 Å². The minimum absolute atomic E-state index is 0.0489. The summed E-state index contributed by atoms with van der Waals surface area (Å²) in [6.07, 6.45) is 0.816. The predicted molar refractivity (Wildman–Crippen MR) is 82.4 cm³/mol. The van der Waals surface area contributed by atoms with E-state index in [4.69, 9.17) is 22.7 Å². The summed E-state index contributed by atoms with van der Waals surface area (Å²) in [5, 5.41) is 0. The van der Waals surface area contributed by atoms with Crippen LogP contribution in [0.1, 0.15) is 12.0 Å². The standard InChI is InChI=1S/C13H15BrN2O2S/c1-18-13(17)9-4-5-16(7-9)11-3-2-8(12(15)19)6-10(11)14/h2-3,6,9H,4-5,7H2,1H3,(H2,15,19). The molecule has 102 valence electrons. The molecule has 0 aromatic heterocycles. The maximum absolute atomic E-state index is 11.5. The molecule has 1 heterocycles. The summed E-state index contributed by atoms with van der Waals surface area (Å²) >= 11 is 8.48. The van der Waals surface area contributed by atoms with Crippen molar-refractivity contribution >= 4 is 44.8 Å². The third kappa shape index (κ3) is 3.06. The van der Waals surface area contributed by atoms with Gasteiger partial charge in [0.25, 0.3) is 0 Å². The van der Waals surface area contributed by atoms with Crippen LogP contribution in [0.5, 0.6) is 0 Å². The molecule has 1 aliphatic heterocycles. The largest absolute Gasteiger partial charge is 0.469 e. The molecular weight excluding hydrogens is 328 g/mol. The van der Waals surface area contributed by atoms with Gasteiger partial charge >= 0.3 is 5.97 Å². The Labute approximate surface area is 126 Å². The number of nitrogens with zero attached hydrogens (tertiary/aromatic N) is 1. The molecule has 1 atom stereocenters. The van der Waals surface area contributed by atoms with Crippen molar-refractivity contribution in [1.82, 2.24) is 0 Å². The van der Waals surface area contributed by atoms with Crippen LogP contribution >= 0.6 is 28.1 Å². The van der Waals surface area contributed by atoms with E-state index in [1.54, 1.807) is 0 Å². The maximum atomic E-state index is 11.5. The molecule has 0 spiro atoms. The smallest absolute Gasteiger partial charge is 0.310 e. The molecule has 4 nitrogen and oxygen atoms in total. The third-order valence-corrected chi connectivity index (χ3v) is 4.17. The lowest BCUT2D eigenvalue weighted by Crippen LogP contribution is -2.24. The highest BCUT2D eigenvalue weighted by molar-refractivity contribution is 9.10. The Kier molecular flexibility index (Phi) is 4.42. The Morgan fingerprint density at radius 1 is 1.58 bits per heavy atom. The van der Waals surface area contributed by atoms with Gasteiger partial charge < -0.3 is 15.4 Å². The number of ether oxygens (including phenoxy) is 1.